The van der Waals surface area contributed by atoms with Crippen LogP contribution in [0, 0.1) is 23.7 Å². The summed E-state index contributed by atoms with van der Waals surface area (Å²) in [6.07, 6.45) is 1.63. The smallest absolute Gasteiger partial charge is 0.224 e. The summed E-state index contributed by atoms with van der Waals surface area (Å²) < 4.78 is 15.6. The van der Waals surface area contributed by atoms with E-state index in [1.54, 1.807) is 18.3 Å². The van der Waals surface area contributed by atoms with Gasteiger partial charge in [0.15, 0.2) is 5.95 Å². The van der Waals surface area contributed by atoms with Crippen LogP contribution < -0.4 is 10.6 Å². The Hall–Kier alpha value is -1.95. The van der Waals surface area contributed by atoms with Crippen LogP contribution in [0.25, 0.3) is 5.52 Å². The second kappa shape index (κ2) is 4.52. The maximum absolute atomic E-state index is 14.1. The highest BCUT2D eigenvalue weighted by atomic mass is 19.1. The van der Waals surface area contributed by atoms with Crippen LogP contribution in [0.1, 0.15) is 19.7 Å². The third-order valence-corrected chi connectivity index (χ3v) is 4.89. The Morgan fingerprint density at radius 3 is 2.86 bits per heavy atom. The lowest BCUT2D eigenvalue weighted by Gasteiger charge is -2.26. The van der Waals surface area contributed by atoms with Crippen LogP contribution in [0.2, 0.25) is 0 Å². The van der Waals surface area contributed by atoms with Gasteiger partial charge in [-0.2, -0.15) is 4.39 Å². The molecule has 0 spiro atoms. The van der Waals surface area contributed by atoms with Crippen molar-refractivity contribution in [2.24, 2.45) is 17.8 Å². The average Bonchev–Trinajstić information content (AvgIpc) is 2.85. The zero-order chi connectivity index (χ0) is 15.5. The fourth-order valence-corrected chi connectivity index (χ4v) is 3.70. The monoisotopic (exact) mass is 302 g/mol. The van der Waals surface area contributed by atoms with Gasteiger partial charge in [-0.1, -0.05) is 6.07 Å². The molecule has 2 aliphatic rings. The van der Waals surface area contributed by atoms with Crippen molar-refractivity contribution in [3.63, 3.8) is 0 Å². The van der Waals surface area contributed by atoms with E-state index in [9.17, 15) is 9.18 Å². The van der Waals surface area contributed by atoms with Gasteiger partial charge < -0.3 is 10.6 Å². The largest absolute Gasteiger partial charge is 0.344 e. The Balaban J connectivity index is 1.61. The van der Waals surface area contributed by atoms with Gasteiger partial charge in [-0.25, -0.2) is 4.98 Å². The van der Waals surface area contributed by atoms with Crippen LogP contribution in [0.3, 0.4) is 0 Å². The lowest BCUT2D eigenvalue weighted by molar-refractivity contribution is -0.124. The van der Waals surface area contributed by atoms with Crippen molar-refractivity contribution in [1.82, 2.24) is 20.0 Å². The van der Waals surface area contributed by atoms with Crippen molar-refractivity contribution < 1.29 is 9.18 Å². The second-order valence-corrected chi connectivity index (χ2v) is 6.82. The summed E-state index contributed by atoms with van der Waals surface area (Å²) in [7, 11) is 0. The molecule has 4 rings (SSSR count). The summed E-state index contributed by atoms with van der Waals surface area (Å²) in [6, 6.07) is 4.85. The van der Waals surface area contributed by atoms with Crippen LogP contribution in [0.15, 0.2) is 24.4 Å². The van der Waals surface area contributed by atoms with Crippen LogP contribution in [0.5, 0.6) is 0 Å². The Bertz CT molecular complexity index is 744. The summed E-state index contributed by atoms with van der Waals surface area (Å²) in [4.78, 5) is 16.8. The molecule has 1 unspecified atom stereocenters. The first kappa shape index (κ1) is 13.7. The molecule has 1 aliphatic carbocycles. The maximum Gasteiger partial charge on any atom is 0.224 e. The summed E-state index contributed by atoms with van der Waals surface area (Å²) in [5, 5.41) is 6.33. The van der Waals surface area contributed by atoms with Crippen molar-refractivity contribution in [3.05, 3.63) is 36.2 Å². The molecule has 6 heteroatoms. The number of carbonyl (C=O) groups is 1. The van der Waals surface area contributed by atoms with Gasteiger partial charge in [0.05, 0.1) is 17.3 Å². The molecule has 3 heterocycles. The molecule has 1 amide bonds. The minimum atomic E-state index is -0.726. The first-order valence-electron chi connectivity index (χ1n) is 7.64. The number of hydrogen-bond acceptors (Lipinski definition) is 3. The van der Waals surface area contributed by atoms with Gasteiger partial charge in [-0.15, -0.1) is 0 Å². The first-order chi connectivity index (χ1) is 10.5. The van der Waals surface area contributed by atoms with Crippen molar-refractivity contribution >= 4 is 11.4 Å². The van der Waals surface area contributed by atoms with Gasteiger partial charge >= 0.3 is 0 Å². The van der Waals surface area contributed by atoms with Crippen LogP contribution in [-0.2, 0) is 10.3 Å². The SMILES string of the molecule is CC(C)(NC(=O)C1[C@H]2CNC[C@@H]12)c1ncc2cccc(F)n12. The number of piperidine rings is 1. The van der Waals surface area contributed by atoms with Crippen molar-refractivity contribution in [3.8, 4) is 0 Å². The summed E-state index contributed by atoms with van der Waals surface area (Å²) in [6.45, 7) is 5.57. The van der Waals surface area contributed by atoms with Gasteiger partial charge in [0.1, 0.15) is 5.82 Å². The number of pyridine rings is 1. The molecule has 0 bridgehead atoms. The Kier molecular flexibility index (Phi) is 2.81. The summed E-state index contributed by atoms with van der Waals surface area (Å²) in [5.41, 5.74) is -0.0412. The van der Waals surface area contributed by atoms with Crippen LogP contribution >= 0.6 is 0 Å². The zero-order valence-corrected chi connectivity index (χ0v) is 12.6. The zero-order valence-electron chi connectivity index (χ0n) is 12.6. The number of imidazole rings is 1. The van der Waals surface area contributed by atoms with Crippen LogP contribution in [0.4, 0.5) is 4.39 Å². The molecule has 5 nitrogen and oxygen atoms in total. The minimum absolute atomic E-state index is 0.0505. The van der Waals surface area contributed by atoms with E-state index in [-0.39, 0.29) is 17.8 Å². The van der Waals surface area contributed by atoms with E-state index >= 15 is 0 Å². The normalized spacial score (nSPS) is 27.0. The molecule has 22 heavy (non-hydrogen) atoms. The fraction of sp³-hybridized carbons (Fsp3) is 0.500. The molecule has 2 fully saturated rings. The number of nitrogens with one attached hydrogen (secondary N) is 2. The second-order valence-electron chi connectivity index (χ2n) is 6.82. The molecule has 2 aromatic heterocycles. The third kappa shape index (κ3) is 1.94. The number of rotatable bonds is 3. The summed E-state index contributed by atoms with van der Waals surface area (Å²) in [5.74, 6) is 1.21. The Morgan fingerprint density at radius 1 is 1.41 bits per heavy atom. The quantitative estimate of drug-likeness (QED) is 0.840. The lowest BCUT2D eigenvalue weighted by atomic mass is 10.0. The van der Waals surface area contributed by atoms with Crippen molar-refractivity contribution in [1.29, 1.82) is 0 Å². The van der Waals surface area contributed by atoms with E-state index < -0.39 is 5.54 Å². The number of hydrogen-bond donors (Lipinski definition) is 2. The average molecular weight is 302 g/mol. The highest BCUT2D eigenvalue weighted by Crippen LogP contribution is 2.49. The third-order valence-electron chi connectivity index (χ3n) is 4.89. The molecule has 3 atom stereocenters. The number of aromatic nitrogens is 2. The van der Waals surface area contributed by atoms with E-state index in [2.05, 4.69) is 15.6 Å². The number of halogens is 1. The standard InChI is InChI=1S/C16H19FN4O/c1-16(2,20-14(22)13-10-7-18-8-11(10)13)15-19-6-9-4-3-5-12(17)21(9)15/h3-6,10-11,13,18H,7-8H2,1-2H3,(H,20,22)/t10-,11+,13?. The molecular weight excluding hydrogens is 283 g/mol. The topological polar surface area (TPSA) is 58.4 Å². The van der Waals surface area contributed by atoms with Crippen molar-refractivity contribution in [2.45, 2.75) is 19.4 Å². The lowest BCUT2D eigenvalue weighted by Crippen LogP contribution is -2.44. The number of fused-ring (bicyclic) bond motifs is 2. The fourth-order valence-electron chi connectivity index (χ4n) is 3.70. The van der Waals surface area contributed by atoms with E-state index in [1.807, 2.05) is 13.8 Å². The first-order valence-corrected chi connectivity index (χ1v) is 7.64. The molecule has 2 N–H and O–H groups in total. The van der Waals surface area contributed by atoms with Crippen molar-refractivity contribution in [2.75, 3.05) is 13.1 Å². The summed E-state index contributed by atoms with van der Waals surface area (Å²) >= 11 is 0. The van der Waals surface area contributed by atoms with E-state index in [1.165, 1.54) is 10.5 Å². The van der Waals surface area contributed by atoms with Gasteiger partial charge in [0, 0.05) is 5.92 Å². The Labute approximate surface area is 127 Å². The van der Waals surface area contributed by atoms with E-state index in [0.717, 1.165) is 13.1 Å². The molecule has 2 aromatic rings. The van der Waals surface area contributed by atoms with Gasteiger partial charge in [-0.3, -0.25) is 9.20 Å². The number of carbonyl (C=O) groups excluding carboxylic acids is 1. The molecule has 1 aliphatic heterocycles. The van der Waals surface area contributed by atoms with Gasteiger partial charge in [-0.05, 0) is 50.9 Å². The van der Waals surface area contributed by atoms with Gasteiger partial charge in [0.2, 0.25) is 5.91 Å². The number of nitrogens with zero attached hydrogens (tertiary/aromatic N) is 2. The highest BCUT2D eigenvalue weighted by Gasteiger charge is 2.57. The molecule has 0 aromatic carbocycles. The molecule has 0 radical (unpaired) electrons. The molecular formula is C16H19FN4O. The maximum atomic E-state index is 14.1. The molecule has 1 saturated carbocycles. The minimum Gasteiger partial charge on any atom is -0.344 e. The van der Waals surface area contributed by atoms with Crippen LogP contribution in [-0.4, -0.2) is 28.4 Å². The predicted octanol–water partition coefficient (Wildman–Crippen LogP) is 1.29. The number of amides is 1. The van der Waals surface area contributed by atoms with E-state index in [0.29, 0.717) is 23.2 Å². The molecule has 116 valence electrons. The van der Waals surface area contributed by atoms with E-state index in [4.69, 9.17) is 0 Å². The predicted molar refractivity (Wildman–Crippen MR) is 79.7 cm³/mol. The van der Waals surface area contributed by atoms with Gasteiger partial charge in [0.25, 0.3) is 0 Å². The molecule has 1 saturated heterocycles. The highest BCUT2D eigenvalue weighted by molar-refractivity contribution is 5.83. The Morgan fingerprint density at radius 2 is 2.14 bits per heavy atom.